The van der Waals surface area contributed by atoms with Gasteiger partial charge in [0.25, 0.3) is 0 Å². The Balaban J connectivity index is 3.21. The maximum atomic E-state index is 9.01. The quantitative estimate of drug-likeness (QED) is 0.561. The topological polar surface area (TPSA) is 49.7 Å². The van der Waals surface area contributed by atoms with Crippen LogP contribution in [0.2, 0.25) is 0 Å². The molecule has 0 saturated heterocycles. The Morgan fingerprint density at radius 3 is 2.50 bits per heavy atom. The molecule has 2 unspecified atom stereocenters. The summed E-state index contributed by atoms with van der Waals surface area (Å²) in [5, 5.41) is 17.6. The maximum Gasteiger partial charge on any atom is 0.100 e. The van der Waals surface area contributed by atoms with Crippen LogP contribution in [-0.4, -0.2) is 36.1 Å². The highest BCUT2D eigenvalue weighted by atomic mass is 16.5. The van der Waals surface area contributed by atoms with Crippen molar-refractivity contribution in [1.29, 1.82) is 0 Å². The summed E-state index contributed by atoms with van der Waals surface area (Å²) in [5.41, 5.74) is 0. The van der Waals surface area contributed by atoms with E-state index in [0.717, 1.165) is 0 Å². The van der Waals surface area contributed by atoms with E-state index in [2.05, 4.69) is 13.8 Å². The predicted molar refractivity (Wildman–Crippen MR) is 57.2 cm³/mol. The van der Waals surface area contributed by atoms with Crippen molar-refractivity contribution in [3.05, 3.63) is 0 Å². The van der Waals surface area contributed by atoms with Crippen LogP contribution in [-0.2, 0) is 4.74 Å². The van der Waals surface area contributed by atoms with Gasteiger partial charge in [-0.25, -0.2) is 0 Å². The first-order chi connectivity index (χ1) is 6.70. The first kappa shape index (κ1) is 13.9. The summed E-state index contributed by atoms with van der Waals surface area (Å²) in [6.45, 7) is 5.05. The van der Waals surface area contributed by atoms with Crippen LogP contribution in [0.5, 0.6) is 0 Å². The number of ether oxygens (including phenoxy) is 1. The van der Waals surface area contributed by atoms with E-state index in [-0.39, 0.29) is 13.2 Å². The summed E-state index contributed by atoms with van der Waals surface area (Å²) in [7, 11) is 0. The van der Waals surface area contributed by atoms with Gasteiger partial charge in [0.15, 0.2) is 0 Å². The second kappa shape index (κ2) is 9.44. The monoisotopic (exact) mass is 204 g/mol. The second-order valence-corrected chi connectivity index (χ2v) is 3.97. The van der Waals surface area contributed by atoms with Gasteiger partial charge in [-0.15, -0.1) is 0 Å². The largest absolute Gasteiger partial charge is 0.394 e. The minimum absolute atomic E-state index is 0.218. The molecule has 14 heavy (non-hydrogen) atoms. The van der Waals surface area contributed by atoms with Crippen LogP contribution in [0.25, 0.3) is 0 Å². The van der Waals surface area contributed by atoms with Crippen molar-refractivity contribution < 1.29 is 14.9 Å². The minimum Gasteiger partial charge on any atom is -0.394 e. The fourth-order valence-corrected chi connectivity index (χ4v) is 1.28. The average molecular weight is 204 g/mol. The first-order valence-electron chi connectivity index (χ1n) is 5.57. The van der Waals surface area contributed by atoms with Gasteiger partial charge in [0, 0.05) is 6.61 Å². The third-order valence-corrected chi connectivity index (χ3v) is 2.22. The standard InChI is InChI=1S/C11H24O3/c1-3-4-5-6-10(2)8-14-9-11(13)7-12/h10-13H,3-9H2,1-2H3. The van der Waals surface area contributed by atoms with E-state index in [1.165, 1.54) is 25.7 Å². The number of aliphatic hydroxyl groups is 2. The smallest absolute Gasteiger partial charge is 0.100 e. The fourth-order valence-electron chi connectivity index (χ4n) is 1.28. The molecule has 0 saturated carbocycles. The number of rotatable bonds is 9. The molecule has 0 aliphatic carbocycles. The Labute approximate surface area is 87.1 Å². The lowest BCUT2D eigenvalue weighted by atomic mass is 10.0. The highest BCUT2D eigenvalue weighted by Crippen LogP contribution is 2.09. The SMILES string of the molecule is CCCCCC(C)COCC(O)CO. The molecule has 0 aliphatic heterocycles. The van der Waals surface area contributed by atoms with Crippen LogP contribution in [0.15, 0.2) is 0 Å². The number of hydrogen-bond acceptors (Lipinski definition) is 3. The van der Waals surface area contributed by atoms with Gasteiger partial charge in [-0.3, -0.25) is 0 Å². The van der Waals surface area contributed by atoms with E-state index in [4.69, 9.17) is 14.9 Å². The minimum atomic E-state index is -0.724. The molecule has 0 aromatic rings. The Morgan fingerprint density at radius 2 is 1.93 bits per heavy atom. The molecule has 0 spiro atoms. The second-order valence-electron chi connectivity index (χ2n) is 3.97. The Bertz CT molecular complexity index is 117. The molecule has 3 heteroatoms. The van der Waals surface area contributed by atoms with Crippen LogP contribution < -0.4 is 0 Å². The molecular weight excluding hydrogens is 180 g/mol. The van der Waals surface area contributed by atoms with Crippen LogP contribution >= 0.6 is 0 Å². The van der Waals surface area contributed by atoms with Gasteiger partial charge in [0.05, 0.1) is 13.2 Å². The maximum absolute atomic E-state index is 9.01. The Hall–Kier alpha value is -0.120. The Kier molecular flexibility index (Phi) is 9.35. The molecule has 86 valence electrons. The van der Waals surface area contributed by atoms with E-state index < -0.39 is 6.10 Å². The first-order valence-corrected chi connectivity index (χ1v) is 5.57. The van der Waals surface area contributed by atoms with E-state index in [1.807, 2.05) is 0 Å². The molecule has 0 bridgehead atoms. The van der Waals surface area contributed by atoms with E-state index in [9.17, 15) is 0 Å². The van der Waals surface area contributed by atoms with Crippen molar-refractivity contribution in [3.8, 4) is 0 Å². The molecule has 3 nitrogen and oxygen atoms in total. The number of unbranched alkanes of at least 4 members (excludes halogenated alkanes) is 2. The molecule has 0 fully saturated rings. The molecule has 0 amide bonds. The molecular formula is C11H24O3. The lowest BCUT2D eigenvalue weighted by molar-refractivity contribution is -0.00381. The third kappa shape index (κ3) is 8.48. The van der Waals surface area contributed by atoms with Gasteiger partial charge >= 0.3 is 0 Å². The zero-order valence-corrected chi connectivity index (χ0v) is 9.41. The molecule has 2 N–H and O–H groups in total. The molecule has 0 aromatic heterocycles. The van der Waals surface area contributed by atoms with Crippen molar-refractivity contribution in [3.63, 3.8) is 0 Å². The van der Waals surface area contributed by atoms with Gasteiger partial charge in [-0.1, -0.05) is 33.1 Å². The van der Waals surface area contributed by atoms with Gasteiger partial charge in [-0.05, 0) is 12.3 Å². The summed E-state index contributed by atoms with van der Waals surface area (Å²) < 4.78 is 5.27. The van der Waals surface area contributed by atoms with Gasteiger partial charge in [-0.2, -0.15) is 0 Å². The molecule has 0 heterocycles. The van der Waals surface area contributed by atoms with E-state index >= 15 is 0 Å². The van der Waals surface area contributed by atoms with Crippen LogP contribution in [0, 0.1) is 5.92 Å². The van der Waals surface area contributed by atoms with Crippen molar-refractivity contribution in [2.75, 3.05) is 19.8 Å². The molecule has 0 aliphatic rings. The van der Waals surface area contributed by atoms with Crippen LogP contribution in [0.1, 0.15) is 39.5 Å². The summed E-state index contributed by atoms with van der Waals surface area (Å²) in [4.78, 5) is 0. The van der Waals surface area contributed by atoms with E-state index in [1.54, 1.807) is 0 Å². The van der Waals surface area contributed by atoms with E-state index in [0.29, 0.717) is 12.5 Å². The summed E-state index contributed by atoms with van der Waals surface area (Å²) in [6.07, 6.45) is 4.24. The van der Waals surface area contributed by atoms with Crippen molar-refractivity contribution >= 4 is 0 Å². The van der Waals surface area contributed by atoms with Crippen LogP contribution in [0.4, 0.5) is 0 Å². The molecule has 2 atom stereocenters. The molecule has 0 aromatic carbocycles. The van der Waals surface area contributed by atoms with Crippen molar-refractivity contribution in [1.82, 2.24) is 0 Å². The van der Waals surface area contributed by atoms with Crippen molar-refractivity contribution in [2.24, 2.45) is 5.92 Å². The fraction of sp³-hybridized carbons (Fsp3) is 1.00. The summed E-state index contributed by atoms with van der Waals surface area (Å²) in [5.74, 6) is 0.549. The lowest BCUT2D eigenvalue weighted by Gasteiger charge is -2.13. The number of hydrogen-bond donors (Lipinski definition) is 2. The third-order valence-electron chi connectivity index (χ3n) is 2.22. The van der Waals surface area contributed by atoms with Crippen LogP contribution in [0.3, 0.4) is 0 Å². The van der Waals surface area contributed by atoms with Gasteiger partial charge in [0.2, 0.25) is 0 Å². The average Bonchev–Trinajstić information content (AvgIpc) is 2.18. The summed E-state index contributed by atoms with van der Waals surface area (Å²) in [6, 6.07) is 0. The lowest BCUT2D eigenvalue weighted by Crippen LogP contribution is -2.21. The molecule has 0 radical (unpaired) electrons. The highest BCUT2D eigenvalue weighted by Gasteiger charge is 2.05. The summed E-state index contributed by atoms with van der Waals surface area (Å²) >= 11 is 0. The normalized spacial score (nSPS) is 15.4. The highest BCUT2D eigenvalue weighted by molar-refractivity contribution is 4.54. The van der Waals surface area contributed by atoms with Gasteiger partial charge < -0.3 is 14.9 Å². The zero-order valence-electron chi connectivity index (χ0n) is 9.41. The zero-order chi connectivity index (χ0) is 10.8. The number of aliphatic hydroxyl groups excluding tert-OH is 2. The predicted octanol–water partition coefficient (Wildman–Crippen LogP) is 1.57. The Morgan fingerprint density at radius 1 is 1.21 bits per heavy atom. The molecule has 0 rings (SSSR count). The van der Waals surface area contributed by atoms with Gasteiger partial charge in [0.1, 0.15) is 6.10 Å². The van der Waals surface area contributed by atoms with Crippen molar-refractivity contribution in [2.45, 2.75) is 45.6 Å².